The van der Waals surface area contributed by atoms with E-state index in [1.807, 2.05) is 48.0 Å². The first-order chi connectivity index (χ1) is 10.7. The van der Waals surface area contributed by atoms with E-state index in [1.165, 1.54) is 4.88 Å². The Balaban J connectivity index is 1.83. The van der Waals surface area contributed by atoms with Crippen molar-refractivity contribution in [3.05, 3.63) is 46.7 Å². The molecule has 118 valence electrons. The number of thiophene rings is 1. The van der Waals surface area contributed by atoms with Gasteiger partial charge in [-0.05, 0) is 36.3 Å². The second kappa shape index (κ2) is 8.82. The Morgan fingerprint density at radius 2 is 2.14 bits per heavy atom. The maximum absolute atomic E-state index is 12.0. The maximum Gasteiger partial charge on any atom is 0.319 e. The van der Waals surface area contributed by atoms with Crippen molar-refractivity contribution in [2.75, 3.05) is 24.7 Å². The number of benzene rings is 1. The van der Waals surface area contributed by atoms with Crippen LogP contribution in [0.25, 0.3) is 0 Å². The molecule has 2 aromatic rings. The molecule has 0 aliphatic heterocycles. The molecular formula is C16H20N2O2S2. The number of aliphatic hydroxyl groups is 1. The van der Waals surface area contributed by atoms with Crippen LogP contribution in [0.15, 0.2) is 46.7 Å². The topological polar surface area (TPSA) is 61.4 Å². The lowest BCUT2D eigenvalue weighted by molar-refractivity contribution is 0.218. The number of carbonyl (C=O) groups is 1. The molecule has 0 aliphatic rings. The zero-order chi connectivity index (χ0) is 15.8. The van der Waals surface area contributed by atoms with Gasteiger partial charge in [-0.25, -0.2) is 4.79 Å². The molecular weight excluding hydrogens is 316 g/mol. The minimum Gasteiger partial charge on any atom is -0.396 e. The number of hydrogen-bond acceptors (Lipinski definition) is 4. The zero-order valence-electron chi connectivity index (χ0n) is 12.4. The first-order valence-electron chi connectivity index (χ1n) is 7.04. The third kappa shape index (κ3) is 5.05. The molecule has 1 aromatic carbocycles. The van der Waals surface area contributed by atoms with Gasteiger partial charge in [-0.15, -0.1) is 23.1 Å². The van der Waals surface area contributed by atoms with Gasteiger partial charge in [0.2, 0.25) is 0 Å². The minimum absolute atomic E-state index is 0.0280. The largest absolute Gasteiger partial charge is 0.396 e. The van der Waals surface area contributed by atoms with Crippen molar-refractivity contribution in [2.45, 2.75) is 11.3 Å². The molecule has 1 heterocycles. The Bertz CT molecular complexity index is 588. The van der Waals surface area contributed by atoms with E-state index in [0.29, 0.717) is 6.54 Å². The van der Waals surface area contributed by atoms with Crippen molar-refractivity contribution in [3.8, 4) is 0 Å². The molecule has 0 radical (unpaired) electrons. The van der Waals surface area contributed by atoms with Gasteiger partial charge in [0.15, 0.2) is 0 Å². The summed E-state index contributed by atoms with van der Waals surface area (Å²) in [5.74, 6) is 0.0280. The van der Waals surface area contributed by atoms with E-state index in [9.17, 15) is 9.90 Å². The average Bonchev–Trinajstić information content (AvgIpc) is 3.05. The van der Waals surface area contributed by atoms with Gasteiger partial charge in [0.05, 0.1) is 5.69 Å². The predicted molar refractivity (Wildman–Crippen MR) is 93.8 cm³/mol. The lowest BCUT2D eigenvalue weighted by Gasteiger charge is -2.15. The summed E-state index contributed by atoms with van der Waals surface area (Å²) in [6, 6.07) is 11.5. The first kappa shape index (κ1) is 16.9. The van der Waals surface area contributed by atoms with Crippen LogP contribution in [0.4, 0.5) is 10.5 Å². The van der Waals surface area contributed by atoms with E-state index in [0.717, 1.165) is 17.0 Å². The summed E-state index contributed by atoms with van der Waals surface area (Å²) in [6.45, 7) is 0.501. The van der Waals surface area contributed by atoms with E-state index in [-0.39, 0.29) is 18.6 Å². The number of carbonyl (C=O) groups excluding carboxylic acids is 1. The molecule has 4 nitrogen and oxygen atoms in total. The van der Waals surface area contributed by atoms with Crippen molar-refractivity contribution in [1.82, 2.24) is 5.32 Å². The van der Waals surface area contributed by atoms with Crippen molar-refractivity contribution >= 4 is 34.8 Å². The predicted octanol–water partition coefficient (Wildman–Crippen LogP) is 3.44. The normalized spacial score (nSPS) is 11.9. The Hall–Kier alpha value is -1.50. The Morgan fingerprint density at radius 1 is 1.32 bits per heavy atom. The van der Waals surface area contributed by atoms with Crippen LogP contribution in [0.5, 0.6) is 0 Å². The summed E-state index contributed by atoms with van der Waals surface area (Å²) in [7, 11) is 0. The summed E-state index contributed by atoms with van der Waals surface area (Å²) >= 11 is 3.25. The molecule has 6 heteroatoms. The highest BCUT2D eigenvalue weighted by atomic mass is 32.2. The molecule has 3 N–H and O–H groups in total. The highest BCUT2D eigenvalue weighted by molar-refractivity contribution is 7.98. The molecule has 0 aliphatic carbocycles. The highest BCUT2D eigenvalue weighted by Crippen LogP contribution is 2.24. The molecule has 0 unspecified atom stereocenters. The molecule has 0 saturated heterocycles. The van der Waals surface area contributed by atoms with Crippen LogP contribution in [0.3, 0.4) is 0 Å². The van der Waals surface area contributed by atoms with Crippen LogP contribution in [0.2, 0.25) is 0 Å². The SMILES string of the molecule is CSc1ccccc1NC(=O)NC[C@@H](CO)Cc1cccs1. The van der Waals surface area contributed by atoms with Gasteiger partial charge in [0.25, 0.3) is 0 Å². The van der Waals surface area contributed by atoms with Crippen LogP contribution in [-0.4, -0.2) is 30.5 Å². The van der Waals surface area contributed by atoms with E-state index in [1.54, 1.807) is 23.1 Å². The van der Waals surface area contributed by atoms with Crippen molar-refractivity contribution in [2.24, 2.45) is 5.92 Å². The molecule has 1 aromatic heterocycles. The molecule has 2 rings (SSSR count). The van der Waals surface area contributed by atoms with E-state index >= 15 is 0 Å². The van der Waals surface area contributed by atoms with Crippen LogP contribution in [0, 0.1) is 5.92 Å². The molecule has 1 atom stereocenters. The van der Waals surface area contributed by atoms with E-state index in [2.05, 4.69) is 10.6 Å². The molecule has 0 fully saturated rings. The highest BCUT2D eigenvalue weighted by Gasteiger charge is 2.12. The molecule has 2 amide bonds. The number of amides is 2. The lowest BCUT2D eigenvalue weighted by Crippen LogP contribution is -2.35. The van der Waals surface area contributed by atoms with E-state index in [4.69, 9.17) is 0 Å². The van der Waals surface area contributed by atoms with Gasteiger partial charge in [-0.1, -0.05) is 18.2 Å². The van der Waals surface area contributed by atoms with Crippen molar-refractivity contribution in [1.29, 1.82) is 0 Å². The molecule has 0 spiro atoms. The summed E-state index contributed by atoms with van der Waals surface area (Å²) in [6.07, 6.45) is 2.75. The van der Waals surface area contributed by atoms with E-state index < -0.39 is 0 Å². The third-order valence-corrected chi connectivity index (χ3v) is 4.93. The number of aliphatic hydroxyl groups excluding tert-OH is 1. The average molecular weight is 336 g/mol. The monoisotopic (exact) mass is 336 g/mol. The fraction of sp³-hybridized carbons (Fsp3) is 0.312. The summed E-state index contributed by atoms with van der Waals surface area (Å²) in [5.41, 5.74) is 0.798. The fourth-order valence-electron chi connectivity index (χ4n) is 2.07. The maximum atomic E-state index is 12.0. The summed E-state index contributed by atoms with van der Waals surface area (Å²) in [5, 5.41) is 17.1. The lowest BCUT2D eigenvalue weighted by atomic mass is 10.1. The van der Waals surface area contributed by atoms with Crippen LogP contribution in [0.1, 0.15) is 4.88 Å². The summed E-state index contributed by atoms with van der Waals surface area (Å²) < 4.78 is 0. The second-order valence-corrected chi connectivity index (χ2v) is 6.75. The third-order valence-electron chi connectivity index (χ3n) is 3.23. The van der Waals surface area contributed by atoms with Crippen LogP contribution < -0.4 is 10.6 Å². The first-order valence-corrected chi connectivity index (χ1v) is 9.14. The summed E-state index contributed by atoms with van der Waals surface area (Å²) in [4.78, 5) is 14.2. The minimum atomic E-state index is -0.244. The van der Waals surface area contributed by atoms with Gasteiger partial charge < -0.3 is 15.7 Å². The number of anilines is 1. The standard InChI is InChI=1S/C16H20N2O2S2/c1-21-15-7-3-2-6-14(15)18-16(20)17-10-12(11-19)9-13-5-4-8-22-13/h2-8,12,19H,9-11H2,1H3,(H2,17,18,20)/t12-/m0/s1. The number of para-hydroxylation sites is 1. The van der Waals surface area contributed by atoms with Gasteiger partial charge in [0.1, 0.15) is 0 Å². The Labute approximate surface area is 138 Å². The number of hydrogen-bond donors (Lipinski definition) is 3. The van der Waals surface area contributed by atoms with Crippen molar-refractivity contribution in [3.63, 3.8) is 0 Å². The Morgan fingerprint density at radius 3 is 2.82 bits per heavy atom. The number of urea groups is 1. The smallest absolute Gasteiger partial charge is 0.319 e. The van der Waals surface area contributed by atoms with Gasteiger partial charge in [-0.3, -0.25) is 0 Å². The van der Waals surface area contributed by atoms with Crippen LogP contribution >= 0.6 is 23.1 Å². The van der Waals surface area contributed by atoms with Gasteiger partial charge in [0, 0.05) is 28.8 Å². The molecule has 0 saturated carbocycles. The van der Waals surface area contributed by atoms with Crippen molar-refractivity contribution < 1.29 is 9.90 Å². The fourth-order valence-corrected chi connectivity index (χ4v) is 3.44. The number of nitrogens with one attached hydrogen (secondary N) is 2. The quantitative estimate of drug-likeness (QED) is 0.679. The zero-order valence-corrected chi connectivity index (χ0v) is 14.0. The number of rotatable bonds is 7. The molecule has 22 heavy (non-hydrogen) atoms. The van der Waals surface area contributed by atoms with Gasteiger partial charge >= 0.3 is 6.03 Å². The molecule has 0 bridgehead atoms. The van der Waals surface area contributed by atoms with Gasteiger partial charge in [-0.2, -0.15) is 0 Å². The Kier molecular flexibility index (Phi) is 6.76. The van der Waals surface area contributed by atoms with Crippen LogP contribution in [-0.2, 0) is 6.42 Å². The number of thioether (sulfide) groups is 1. The second-order valence-electron chi connectivity index (χ2n) is 4.87.